The SMILES string of the molecule is O=C(N[C@H]1CCCNC1)c1cccc(NC(=O)c2cccs2)c1. The lowest BCUT2D eigenvalue weighted by Crippen LogP contribution is -2.45. The topological polar surface area (TPSA) is 70.2 Å². The molecule has 1 aromatic carbocycles. The van der Waals surface area contributed by atoms with E-state index in [2.05, 4.69) is 16.0 Å². The highest BCUT2D eigenvalue weighted by Gasteiger charge is 2.16. The van der Waals surface area contributed by atoms with Gasteiger partial charge in [-0.2, -0.15) is 0 Å². The molecule has 2 heterocycles. The van der Waals surface area contributed by atoms with Crippen molar-refractivity contribution in [1.82, 2.24) is 10.6 Å². The molecule has 0 aliphatic carbocycles. The van der Waals surface area contributed by atoms with E-state index in [0.717, 1.165) is 25.9 Å². The Kier molecular flexibility index (Phi) is 5.05. The first-order valence-electron chi connectivity index (χ1n) is 7.69. The van der Waals surface area contributed by atoms with Gasteiger partial charge >= 0.3 is 0 Å². The van der Waals surface area contributed by atoms with E-state index >= 15 is 0 Å². The number of rotatable bonds is 4. The lowest BCUT2D eigenvalue weighted by Gasteiger charge is -2.23. The maximum Gasteiger partial charge on any atom is 0.265 e. The smallest absolute Gasteiger partial charge is 0.265 e. The molecular weight excluding hydrogens is 310 g/mol. The Morgan fingerprint density at radius 3 is 2.83 bits per heavy atom. The summed E-state index contributed by atoms with van der Waals surface area (Å²) in [6, 6.07) is 10.8. The summed E-state index contributed by atoms with van der Waals surface area (Å²) < 4.78 is 0. The van der Waals surface area contributed by atoms with Crippen LogP contribution in [-0.2, 0) is 0 Å². The first kappa shape index (κ1) is 15.7. The van der Waals surface area contributed by atoms with Crippen molar-refractivity contribution in [3.63, 3.8) is 0 Å². The monoisotopic (exact) mass is 329 g/mol. The summed E-state index contributed by atoms with van der Waals surface area (Å²) in [6.45, 7) is 1.82. The first-order valence-corrected chi connectivity index (χ1v) is 8.57. The van der Waals surface area contributed by atoms with Crippen LogP contribution in [-0.4, -0.2) is 30.9 Å². The van der Waals surface area contributed by atoms with Crippen molar-refractivity contribution in [2.45, 2.75) is 18.9 Å². The summed E-state index contributed by atoms with van der Waals surface area (Å²) in [7, 11) is 0. The Balaban J connectivity index is 1.64. The Morgan fingerprint density at radius 2 is 2.09 bits per heavy atom. The summed E-state index contributed by atoms with van der Waals surface area (Å²) in [4.78, 5) is 25.0. The van der Waals surface area contributed by atoms with E-state index in [9.17, 15) is 9.59 Å². The molecule has 1 atom stereocenters. The molecule has 1 saturated heterocycles. The number of amides is 2. The minimum atomic E-state index is -0.158. The second kappa shape index (κ2) is 7.39. The molecule has 0 saturated carbocycles. The zero-order valence-corrected chi connectivity index (χ0v) is 13.5. The zero-order chi connectivity index (χ0) is 16.1. The predicted octanol–water partition coefficient (Wildman–Crippen LogP) is 2.48. The van der Waals surface area contributed by atoms with E-state index in [1.54, 1.807) is 30.3 Å². The summed E-state index contributed by atoms with van der Waals surface area (Å²) in [5.41, 5.74) is 1.18. The van der Waals surface area contributed by atoms with Crippen LogP contribution in [0.2, 0.25) is 0 Å². The predicted molar refractivity (Wildman–Crippen MR) is 92.1 cm³/mol. The molecule has 1 aromatic heterocycles. The maximum absolute atomic E-state index is 12.3. The van der Waals surface area contributed by atoms with Crippen molar-refractivity contribution in [3.8, 4) is 0 Å². The molecule has 0 radical (unpaired) electrons. The van der Waals surface area contributed by atoms with Gasteiger partial charge in [-0.1, -0.05) is 12.1 Å². The molecule has 2 aromatic rings. The van der Waals surface area contributed by atoms with E-state index in [1.807, 2.05) is 11.4 Å². The highest BCUT2D eigenvalue weighted by atomic mass is 32.1. The van der Waals surface area contributed by atoms with Gasteiger partial charge in [0.25, 0.3) is 11.8 Å². The van der Waals surface area contributed by atoms with E-state index in [1.165, 1.54) is 11.3 Å². The summed E-state index contributed by atoms with van der Waals surface area (Å²) >= 11 is 1.39. The molecule has 0 spiro atoms. The van der Waals surface area contributed by atoms with Crippen LogP contribution in [0.4, 0.5) is 5.69 Å². The number of hydrogen-bond acceptors (Lipinski definition) is 4. The maximum atomic E-state index is 12.3. The van der Waals surface area contributed by atoms with Crippen molar-refractivity contribution < 1.29 is 9.59 Å². The van der Waals surface area contributed by atoms with Gasteiger partial charge in [-0.05, 0) is 49.0 Å². The molecule has 5 nitrogen and oxygen atoms in total. The minimum absolute atomic E-state index is 0.106. The van der Waals surface area contributed by atoms with Gasteiger partial charge < -0.3 is 16.0 Å². The third-order valence-corrected chi connectivity index (χ3v) is 4.63. The molecule has 23 heavy (non-hydrogen) atoms. The normalized spacial score (nSPS) is 17.5. The second-order valence-electron chi connectivity index (χ2n) is 5.53. The average Bonchev–Trinajstić information content (AvgIpc) is 3.11. The van der Waals surface area contributed by atoms with Gasteiger partial charge in [-0.3, -0.25) is 9.59 Å². The standard InChI is InChI=1S/C17H19N3O2S/c21-16(20-14-6-2-8-18-11-14)12-4-1-5-13(10-12)19-17(22)15-7-3-9-23-15/h1,3-5,7,9-10,14,18H,2,6,8,11H2,(H,19,22)(H,20,21)/t14-/m0/s1. The highest BCUT2D eigenvalue weighted by molar-refractivity contribution is 7.12. The van der Waals surface area contributed by atoms with Crippen molar-refractivity contribution in [3.05, 3.63) is 52.2 Å². The number of piperidine rings is 1. The van der Waals surface area contributed by atoms with Gasteiger partial charge in [0.05, 0.1) is 4.88 Å². The van der Waals surface area contributed by atoms with Crippen LogP contribution in [0.3, 0.4) is 0 Å². The van der Waals surface area contributed by atoms with Crippen LogP contribution in [0.15, 0.2) is 41.8 Å². The Bertz CT molecular complexity index is 679. The van der Waals surface area contributed by atoms with Crippen LogP contribution in [0.25, 0.3) is 0 Å². The summed E-state index contributed by atoms with van der Waals surface area (Å²) in [5.74, 6) is -0.264. The van der Waals surface area contributed by atoms with Gasteiger partial charge in [-0.25, -0.2) is 0 Å². The van der Waals surface area contributed by atoms with E-state index in [4.69, 9.17) is 0 Å². The molecule has 120 valence electrons. The van der Waals surface area contributed by atoms with Gasteiger partial charge in [0.15, 0.2) is 0 Å². The molecule has 1 aliphatic rings. The van der Waals surface area contributed by atoms with Crippen LogP contribution < -0.4 is 16.0 Å². The molecule has 2 amide bonds. The molecule has 0 bridgehead atoms. The van der Waals surface area contributed by atoms with Crippen LogP contribution in [0.5, 0.6) is 0 Å². The van der Waals surface area contributed by atoms with Gasteiger partial charge in [-0.15, -0.1) is 11.3 Å². The highest BCUT2D eigenvalue weighted by Crippen LogP contribution is 2.15. The minimum Gasteiger partial charge on any atom is -0.348 e. The van der Waals surface area contributed by atoms with E-state index < -0.39 is 0 Å². The number of carbonyl (C=O) groups is 2. The molecule has 3 rings (SSSR count). The van der Waals surface area contributed by atoms with Gasteiger partial charge in [0.1, 0.15) is 0 Å². The molecular formula is C17H19N3O2S. The number of nitrogens with one attached hydrogen (secondary N) is 3. The lowest BCUT2D eigenvalue weighted by molar-refractivity contribution is 0.0929. The third kappa shape index (κ3) is 4.18. The van der Waals surface area contributed by atoms with E-state index in [-0.39, 0.29) is 17.9 Å². The summed E-state index contributed by atoms with van der Waals surface area (Å²) in [6.07, 6.45) is 2.06. The Labute approximate surface area is 139 Å². The third-order valence-electron chi connectivity index (χ3n) is 3.76. The Morgan fingerprint density at radius 1 is 1.17 bits per heavy atom. The van der Waals surface area contributed by atoms with Crippen molar-refractivity contribution in [2.24, 2.45) is 0 Å². The van der Waals surface area contributed by atoms with Crippen LogP contribution in [0.1, 0.15) is 32.9 Å². The van der Waals surface area contributed by atoms with Crippen molar-refractivity contribution in [2.75, 3.05) is 18.4 Å². The zero-order valence-electron chi connectivity index (χ0n) is 12.7. The second-order valence-corrected chi connectivity index (χ2v) is 6.48. The lowest BCUT2D eigenvalue weighted by atomic mass is 10.1. The fourth-order valence-corrected chi connectivity index (χ4v) is 3.20. The number of anilines is 1. The largest absolute Gasteiger partial charge is 0.348 e. The molecule has 6 heteroatoms. The number of hydrogen-bond donors (Lipinski definition) is 3. The fraction of sp³-hybridized carbons (Fsp3) is 0.294. The first-order chi connectivity index (χ1) is 11.2. The van der Waals surface area contributed by atoms with Crippen LogP contribution >= 0.6 is 11.3 Å². The van der Waals surface area contributed by atoms with Gasteiger partial charge in [0, 0.05) is 23.8 Å². The molecule has 0 unspecified atom stereocenters. The quantitative estimate of drug-likeness (QED) is 0.807. The van der Waals surface area contributed by atoms with Crippen molar-refractivity contribution >= 4 is 28.8 Å². The fourth-order valence-electron chi connectivity index (χ4n) is 2.58. The molecule has 3 N–H and O–H groups in total. The summed E-state index contributed by atoms with van der Waals surface area (Å²) in [5, 5.41) is 11.0. The molecule has 1 fully saturated rings. The Hall–Kier alpha value is -2.18. The van der Waals surface area contributed by atoms with Crippen molar-refractivity contribution in [1.29, 1.82) is 0 Å². The van der Waals surface area contributed by atoms with Crippen LogP contribution in [0, 0.1) is 0 Å². The number of thiophene rings is 1. The van der Waals surface area contributed by atoms with E-state index in [0.29, 0.717) is 16.1 Å². The number of carbonyl (C=O) groups excluding carboxylic acids is 2. The van der Waals surface area contributed by atoms with Gasteiger partial charge in [0.2, 0.25) is 0 Å². The average molecular weight is 329 g/mol. The molecule has 1 aliphatic heterocycles. The number of benzene rings is 1.